The molecule has 1 aromatic rings. The molecule has 0 aliphatic rings. The van der Waals surface area contributed by atoms with Crippen molar-refractivity contribution in [3.05, 3.63) is 24.3 Å². The lowest BCUT2D eigenvalue weighted by Gasteiger charge is -2.22. The first-order chi connectivity index (χ1) is 9.76. The first-order valence-electron chi connectivity index (χ1n) is 6.35. The van der Waals surface area contributed by atoms with Gasteiger partial charge in [-0.05, 0) is 25.0 Å². The van der Waals surface area contributed by atoms with E-state index in [9.17, 15) is 18.0 Å². The van der Waals surface area contributed by atoms with Crippen molar-refractivity contribution in [3.8, 4) is 11.8 Å². The Labute approximate surface area is 120 Å². The molecule has 0 fully saturated rings. The molecule has 0 aromatic heterocycles. The fourth-order valence-electron chi connectivity index (χ4n) is 1.80. The molecule has 1 rings (SSSR count). The number of rotatable bonds is 5. The number of halogens is 3. The first kappa shape index (κ1) is 16.8. The minimum Gasteiger partial charge on any atom is -0.406 e. The Balaban J connectivity index is 2.91. The summed E-state index contributed by atoms with van der Waals surface area (Å²) in [6.45, 7) is 3.41. The molecule has 0 bridgehead atoms. The standard InChI is InChI=1S/C14H15F3N2O2/c1-3-13(4-2,9-18)12(20)19-10-6-5-7-11(8-10)21-14(15,16)17/h5-8H,3-4H2,1-2H3,(H,19,20). The van der Waals surface area contributed by atoms with Gasteiger partial charge in [0.05, 0.1) is 6.07 Å². The number of carbonyl (C=O) groups is 1. The molecule has 0 aliphatic heterocycles. The van der Waals surface area contributed by atoms with Crippen LogP contribution in [0.4, 0.5) is 18.9 Å². The first-order valence-corrected chi connectivity index (χ1v) is 6.35. The number of benzene rings is 1. The van der Waals surface area contributed by atoms with E-state index in [1.807, 2.05) is 6.07 Å². The van der Waals surface area contributed by atoms with E-state index in [4.69, 9.17) is 5.26 Å². The van der Waals surface area contributed by atoms with Crippen LogP contribution in [0.2, 0.25) is 0 Å². The van der Waals surface area contributed by atoms with Crippen LogP contribution in [-0.2, 0) is 4.79 Å². The molecule has 0 spiro atoms. The topological polar surface area (TPSA) is 62.1 Å². The predicted octanol–water partition coefficient (Wildman–Crippen LogP) is 3.85. The van der Waals surface area contributed by atoms with Crippen molar-refractivity contribution in [3.63, 3.8) is 0 Å². The smallest absolute Gasteiger partial charge is 0.406 e. The Morgan fingerprint density at radius 1 is 1.33 bits per heavy atom. The number of hydrogen-bond acceptors (Lipinski definition) is 3. The van der Waals surface area contributed by atoms with E-state index in [0.29, 0.717) is 12.8 Å². The molecule has 1 amide bonds. The highest BCUT2D eigenvalue weighted by Crippen LogP contribution is 2.29. The zero-order valence-corrected chi connectivity index (χ0v) is 11.6. The highest BCUT2D eigenvalue weighted by molar-refractivity contribution is 5.97. The summed E-state index contributed by atoms with van der Waals surface area (Å²) >= 11 is 0. The maximum Gasteiger partial charge on any atom is 0.573 e. The fraction of sp³-hybridized carbons (Fsp3) is 0.429. The Morgan fingerprint density at radius 3 is 2.43 bits per heavy atom. The second-order valence-corrected chi connectivity index (χ2v) is 4.43. The normalized spacial score (nSPS) is 11.6. The van der Waals surface area contributed by atoms with Gasteiger partial charge in [-0.3, -0.25) is 4.79 Å². The molecular formula is C14H15F3N2O2. The number of carbonyl (C=O) groups excluding carboxylic acids is 1. The van der Waals surface area contributed by atoms with Crippen LogP contribution in [0.5, 0.6) is 5.75 Å². The SMILES string of the molecule is CCC(C#N)(CC)C(=O)Nc1cccc(OC(F)(F)F)c1. The summed E-state index contributed by atoms with van der Waals surface area (Å²) in [5, 5.41) is 11.6. The molecule has 4 nitrogen and oxygen atoms in total. The Kier molecular flexibility index (Phi) is 5.19. The minimum absolute atomic E-state index is 0.142. The van der Waals surface area contributed by atoms with E-state index in [0.717, 1.165) is 12.1 Å². The highest BCUT2D eigenvalue weighted by atomic mass is 19.4. The van der Waals surface area contributed by atoms with Crippen LogP contribution in [0, 0.1) is 16.7 Å². The summed E-state index contributed by atoms with van der Waals surface area (Å²) in [5.74, 6) is -0.977. The van der Waals surface area contributed by atoms with Crippen LogP contribution in [-0.4, -0.2) is 12.3 Å². The van der Waals surface area contributed by atoms with Gasteiger partial charge in [0.2, 0.25) is 5.91 Å². The van der Waals surface area contributed by atoms with Crippen LogP contribution in [0.25, 0.3) is 0 Å². The molecule has 0 aliphatic carbocycles. The average Bonchev–Trinajstić information content (AvgIpc) is 2.40. The summed E-state index contributed by atoms with van der Waals surface area (Å²) in [5.41, 5.74) is -1.05. The van der Waals surface area contributed by atoms with E-state index in [-0.39, 0.29) is 5.69 Å². The molecule has 0 saturated heterocycles. The zero-order chi connectivity index (χ0) is 16.1. The van der Waals surface area contributed by atoms with Gasteiger partial charge in [-0.15, -0.1) is 13.2 Å². The van der Waals surface area contributed by atoms with Gasteiger partial charge >= 0.3 is 6.36 Å². The monoisotopic (exact) mass is 300 g/mol. The Hall–Kier alpha value is -2.23. The summed E-state index contributed by atoms with van der Waals surface area (Å²) in [4.78, 5) is 12.1. The molecule has 0 saturated carbocycles. The van der Waals surface area contributed by atoms with Crippen molar-refractivity contribution in [2.75, 3.05) is 5.32 Å². The predicted molar refractivity (Wildman–Crippen MR) is 70.4 cm³/mol. The van der Waals surface area contributed by atoms with Gasteiger partial charge in [0.25, 0.3) is 0 Å². The molecule has 0 radical (unpaired) electrons. The molecular weight excluding hydrogens is 285 g/mol. The van der Waals surface area contributed by atoms with E-state index >= 15 is 0 Å². The van der Waals surface area contributed by atoms with Crippen LogP contribution in [0.15, 0.2) is 24.3 Å². The molecule has 0 heterocycles. The Morgan fingerprint density at radius 2 is 1.95 bits per heavy atom. The largest absolute Gasteiger partial charge is 0.573 e. The quantitative estimate of drug-likeness (QED) is 0.898. The van der Waals surface area contributed by atoms with E-state index < -0.39 is 23.4 Å². The van der Waals surface area contributed by atoms with Crippen LogP contribution >= 0.6 is 0 Å². The van der Waals surface area contributed by atoms with Crippen molar-refractivity contribution in [1.29, 1.82) is 5.26 Å². The van der Waals surface area contributed by atoms with Gasteiger partial charge in [-0.1, -0.05) is 19.9 Å². The second-order valence-electron chi connectivity index (χ2n) is 4.43. The summed E-state index contributed by atoms with van der Waals surface area (Å²) in [6.07, 6.45) is -4.18. The number of alkyl halides is 3. The highest BCUT2D eigenvalue weighted by Gasteiger charge is 2.35. The third-order valence-corrected chi connectivity index (χ3v) is 3.18. The average molecular weight is 300 g/mol. The molecule has 7 heteroatoms. The molecule has 1 N–H and O–H groups in total. The Bertz CT molecular complexity index is 546. The van der Waals surface area contributed by atoms with Crippen molar-refractivity contribution < 1.29 is 22.7 Å². The van der Waals surface area contributed by atoms with Crippen molar-refractivity contribution in [2.24, 2.45) is 5.41 Å². The summed E-state index contributed by atoms with van der Waals surface area (Å²) in [6, 6.07) is 6.89. The third kappa shape index (κ3) is 4.38. The number of amides is 1. The number of ether oxygens (including phenoxy) is 1. The van der Waals surface area contributed by atoms with E-state index in [2.05, 4.69) is 10.1 Å². The zero-order valence-electron chi connectivity index (χ0n) is 11.6. The summed E-state index contributed by atoms with van der Waals surface area (Å²) < 4.78 is 40.2. The van der Waals surface area contributed by atoms with Crippen molar-refractivity contribution in [1.82, 2.24) is 0 Å². The lowest BCUT2D eigenvalue weighted by Crippen LogP contribution is -2.33. The van der Waals surface area contributed by atoms with Gasteiger partial charge in [-0.25, -0.2) is 0 Å². The maximum absolute atomic E-state index is 12.1. The van der Waals surface area contributed by atoms with E-state index in [1.165, 1.54) is 12.1 Å². The van der Waals surface area contributed by atoms with E-state index in [1.54, 1.807) is 13.8 Å². The third-order valence-electron chi connectivity index (χ3n) is 3.18. The van der Waals surface area contributed by atoms with Crippen molar-refractivity contribution in [2.45, 2.75) is 33.1 Å². The summed E-state index contributed by atoms with van der Waals surface area (Å²) in [7, 11) is 0. The van der Waals surface area contributed by atoms with Gasteiger partial charge in [0, 0.05) is 11.8 Å². The van der Waals surface area contributed by atoms with Gasteiger partial charge in [-0.2, -0.15) is 5.26 Å². The number of nitrogens with one attached hydrogen (secondary N) is 1. The van der Waals surface area contributed by atoms with Gasteiger partial charge < -0.3 is 10.1 Å². The molecule has 21 heavy (non-hydrogen) atoms. The number of hydrogen-bond donors (Lipinski definition) is 1. The molecule has 0 atom stereocenters. The van der Waals surface area contributed by atoms with Gasteiger partial charge in [0.1, 0.15) is 11.2 Å². The van der Waals surface area contributed by atoms with Crippen LogP contribution in [0.1, 0.15) is 26.7 Å². The maximum atomic E-state index is 12.1. The van der Waals surface area contributed by atoms with Crippen LogP contribution < -0.4 is 10.1 Å². The minimum atomic E-state index is -4.80. The molecule has 1 aromatic carbocycles. The number of nitrogens with zero attached hydrogens (tertiary/aromatic N) is 1. The molecule has 0 unspecified atom stereocenters. The van der Waals surface area contributed by atoms with Gasteiger partial charge in [0.15, 0.2) is 0 Å². The molecule has 114 valence electrons. The number of anilines is 1. The lowest BCUT2D eigenvalue weighted by molar-refractivity contribution is -0.274. The van der Waals surface area contributed by atoms with Crippen LogP contribution in [0.3, 0.4) is 0 Å². The van der Waals surface area contributed by atoms with Crippen molar-refractivity contribution >= 4 is 11.6 Å². The second kappa shape index (κ2) is 6.48. The number of nitriles is 1. The fourth-order valence-corrected chi connectivity index (χ4v) is 1.80. The lowest BCUT2D eigenvalue weighted by atomic mass is 9.83.